The molecule has 0 fully saturated rings. The Morgan fingerprint density at radius 1 is 1.54 bits per heavy atom. The van der Waals surface area contributed by atoms with Crippen LogP contribution in [0, 0.1) is 0 Å². The predicted octanol–water partition coefficient (Wildman–Crippen LogP) is 2.82. The van der Waals surface area contributed by atoms with E-state index in [1.165, 1.54) is 0 Å². The smallest absolute Gasteiger partial charge is 0.124 e. The van der Waals surface area contributed by atoms with Crippen molar-refractivity contribution in [2.75, 3.05) is 18.7 Å². The fourth-order valence-electron chi connectivity index (χ4n) is 1.16. The fraction of sp³-hybridized carbons (Fsp3) is 0.333. The molecule has 0 aliphatic heterocycles. The lowest BCUT2D eigenvalue weighted by Crippen LogP contribution is -2.00. The minimum atomic E-state index is 0.539. The number of nitrogens with two attached hydrogens (primary N) is 1. The molecule has 2 nitrogen and oxygen atoms in total. The van der Waals surface area contributed by atoms with Crippen LogP contribution in [0.4, 0.5) is 5.69 Å². The fourth-order valence-corrected chi connectivity index (χ4v) is 1.72. The summed E-state index contributed by atoms with van der Waals surface area (Å²) in [5, 5.41) is 0. The van der Waals surface area contributed by atoms with Crippen molar-refractivity contribution in [1.29, 1.82) is 0 Å². The summed E-state index contributed by atoms with van der Waals surface area (Å²) in [5.74, 6) is 1.33. The van der Waals surface area contributed by atoms with Crippen LogP contribution in [-0.4, -0.2) is 13.0 Å². The van der Waals surface area contributed by atoms with E-state index in [0.29, 0.717) is 11.6 Å². The van der Waals surface area contributed by atoms with E-state index < -0.39 is 0 Å². The van der Waals surface area contributed by atoms with Gasteiger partial charge in [0.05, 0.1) is 12.8 Å². The van der Waals surface area contributed by atoms with Crippen LogP contribution in [0.25, 0.3) is 0 Å². The van der Waals surface area contributed by atoms with Crippen molar-refractivity contribution in [2.45, 2.75) is 6.42 Å². The second kappa shape index (κ2) is 4.72. The number of halogens is 2. The molecule has 0 saturated heterocycles. The molecule has 0 unspecified atom stereocenters. The number of anilines is 1. The number of alkyl halides is 1. The Morgan fingerprint density at radius 2 is 2.23 bits per heavy atom. The molecule has 2 N–H and O–H groups in total. The van der Waals surface area contributed by atoms with Crippen LogP contribution in [0.1, 0.15) is 5.56 Å². The summed E-state index contributed by atoms with van der Waals surface area (Å²) < 4.78 is 6.06. The molecule has 0 atom stereocenters. The van der Waals surface area contributed by atoms with Gasteiger partial charge in [-0.1, -0.05) is 0 Å². The van der Waals surface area contributed by atoms with E-state index in [-0.39, 0.29) is 0 Å². The average molecular weight is 265 g/mol. The highest BCUT2D eigenvalue weighted by molar-refractivity contribution is 9.10. The Balaban J connectivity index is 3.15. The van der Waals surface area contributed by atoms with E-state index in [9.17, 15) is 0 Å². The topological polar surface area (TPSA) is 35.2 Å². The second-order valence-electron chi connectivity index (χ2n) is 2.58. The molecule has 1 aromatic rings. The molecule has 1 aromatic carbocycles. The van der Waals surface area contributed by atoms with Gasteiger partial charge in [0.1, 0.15) is 5.75 Å². The summed E-state index contributed by atoms with van der Waals surface area (Å²) in [6.45, 7) is 0. The SMILES string of the molecule is COc1ccc(Br)c(N)c1CCCl. The Bertz CT molecular complexity index is 304. The van der Waals surface area contributed by atoms with E-state index in [1.54, 1.807) is 7.11 Å². The van der Waals surface area contributed by atoms with Crippen LogP contribution >= 0.6 is 27.5 Å². The van der Waals surface area contributed by atoms with Crippen molar-refractivity contribution in [3.05, 3.63) is 22.2 Å². The monoisotopic (exact) mass is 263 g/mol. The minimum absolute atomic E-state index is 0.539. The van der Waals surface area contributed by atoms with Gasteiger partial charge in [-0.05, 0) is 34.5 Å². The number of ether oxygens (including phenoxy) is 1. The molecule has 0 aliphatic rings. The maximum Gasteiger partial charge on any atom is 0.124 e. The molecule has 0 heterocycles. The van der Waals surface area contributed by atoms with Gasteiger partial charge in [-0.25, -0.2) is 0 Å². The van der Waals surface area contributed by atoms with Gasteiger partial charge in [0.25, 0.3) is 0 Å². The largest absolute Gasteiger partial charge is 0.496 e. The van der Waals surface area contributed by atoms with Crippen LogP contribution in [0.2, 0.25) is 0 Å². The predicted molar refractivity (Wildman–Crippen MR) is 59.5 cm³/mol. The maximum absolute atomic E-state index is 5.86. The van der Waals surface area contributed by atoms with Crippen molar-refractivity contribution in [1.82, 2.24) is 0 Å². The summed E-state index contributed by atoms with van der Waals surface area (Å²) in [5.41, 5.74) is 7.53. The van der Waals surface area contributed by atoms with Crippen LogP contribution in [0.3, 0.4) is 0 Å². The molecule has 0 spiro atoms. The third-order valence-electron chi connectivity index (χ3n) is 1.83. The van der Waals surface area contributed by atoms with Gasteiger partial charge in [0, 0.05) is 15.9 Å². The standard InChI is InChI=1S/C9H11BrClNO/c1-13-8-3-2-7(10)9(12)6(8)4-5-11/h2-3H,4-5,12H2,1H3. The molecule has 0 aromatic heterocycles. The Labute approximate surface area is 91.2 Å². The number of benzene rings is 1. The maximum atomic E-state index is 5.86. The average Bonchev–Trinajstić information content (AvgIpc) is 2.14. The van der Waals surface area contributed by atoms with Gasteiger partial charge < -0.3 is 10.5 Å². The van der Waals surface area contributed by atoms with Crippen molar-refractivity contribution in [3.8, 4) is 5.75 Å². The summed E-state index contributed by atoms with van der Waals surface area (Å²) in [4.78, 5) is 0. The van der Waals surface area contributed by atoms with Crippen LogP contribution in [0.5, 0.6) is 5.75 Å². The van der Waals surface area contributed by atoms with Crippen molar-refractivity contribution in [2.24, 2.45) is 0 Å². The molecule has 4 heteroatoms. The van der Waals surface area contributed by atoms with Crippen LogP contribution in [-0.2, 0) is 6.42 Å². The summed E-state index contributed by atoms with van der Waals surface area (Å²) in [6, 6.07) is 3.74. The van der Waals surface area contributed by atoms with Gasteiger partial charge in [-0.15, -0.1) is 11.6 Å². The lowest BCUT2D eigenvalue weighted by molar-refractivity contribution is 0.410. The molecular formula is C9H11BrClNO. The number of rotatable bonds is 3. The van der Waals surface area contributed by atoms with Crippen molar-refractivity contribution < 1.29 is 4.74 Å². The lowest BCUT2D eigenvalue weighted by Gasteiger charge is -2.11. The molecule has 0 aliphatic carbocycles. The van der Waals surface area contributed by atoms with Crippen molar-refractivity contribution >= 4 is 33.2 Å². The molecule has 72 valence electrons. The first kappa shape index (κ1) is 10.7. The lowest BCUT2D eigenvalue weighted by atomic mass is 10.1. The second-order valence-corrected chi connectivity index (χ2v) is 3.81. The highest BCUT2D eigenvalue weighted by atomic mass is 79.9. The third kappa shape index (κ3) is 2.29. The zero-order valence-corrected chi connectivity index (χ0v) is 9.65. The molecule has 1 rings (SSSR count). The first-order chi connectivity index (χ1) is 6.20. The Kier molecular flexibility index (Phi) is 3.88. The Morgan fingerprint density at radius 3 is 2.77 bits per heavy atom. The number of hydrogen-bond acceptors (Lipinski definition) is 2. The van der Waals surface area contributed by atoms with Gasteiger partial charge in [-0.3, -0.25) is 0 Å². The molecular weight excluding hydrogens is 253 g/mol. The van der Waals surface area contributed by atoms with E-state index in [1.807, 2.05) is 12.1 Å². The zero-order chi connectivity index (χ0) is 9.84. The number of methoxy groups -OCH3 is 1. The quantitative estimate of drug-likeness (QED) is 0.673. The zero-order valence-electron chi connectivity index (χ0n) is 7.31. The molecule has 0 amide bonds. The molecule has 13 heavy (non-hydrogen) atoms. The summed E-state index contributed by atoms with van der Waals surface area (Å²) in [6.07, 6.45) is 0.718. The van der Waals surface area contributed by atoms with Crippen molar-refractivity contribution in [3.63, 3.8) is 0 Å². The third-order valence-corrected chi connectivity index (χ3v) is 2.71. The first-order valence-electron chi connectivity index (χ1n) is 3.87. The molecule has 0 saturated carbocycles. The normalized spacial score (nSPS) is 10.1. The minimum Gasteiger partial charge on any atom is -0.496 e. The highest BCUT2D eigenvalue weighted by Crippen LogP contribution is 2.31. The van der Waals surface area contributed by atoms with Crippen LogP contribution < -0.4 is 10.5 Å². The van der Waals surface area contributed by atoms with E-state index in [2.05, 4.69) is 15.9 Å². The number of nitrogen functional groups attached to an aromatic ring is 1. The van der Waals surface area contributed by atoms with Crippen LogP contribution in [0.15, 0.2) is 16.6 Å². The summed E-state index contributed by atoms with van der Waals surface area (Å²) >= 11 is 9.02. The van der Waals surface area contributed by atoms with Gasteiger partial charge in [0.2, 0.25) is 0 Å². The van der Waals surface area contributed by atoms with Gasteiger partial charge in [-0.2, -0.15) is 0 Å². The molecule has 0 radical (unpaired) electrons. The van der Waals surface area contributed by atoms with Gasteiger partial charge in [0.15, 0.2) is 0 Å². The Hall–Kier alpha value is -0.410. The summed E-state index contributed by atoms with van der Waals surface area (Å²) in [7, 11) is 1.63. The van der Waals surface area contributed by atoms with E-state index in [0.717, 1.165) is 22.2 Å². The molecule has 0 bridgehead atoms. The first-order valence-corrected chi connectivity index (χ1v) is 5.20. The number of hydrogen-bond donors (Lipinski definition) is 1. The highest BCUT2D eigenvalue weighted by Gasteiger charge is 2.08. The van der Waals surface area contributed by atoms with E-state index in [4.69, 9.17) is 22.1 Å². The van der Waals surface area contributed by atoms with Gasteiger partial charge >= 0.3 is 0 Å². The van der Waals surface area contributed by atoms with E-state index >= 15 is 0 Å².